The SMILES string of the molecule is CCNC(=O)c1ccc(C)c(NC(=O)/C=C/c2ccc(OCC)c(OCC)c2)c1. The van der Waals surface area contributed by atoms with E-state index in [0.29, 0.717) is 42.5 Å². The summed E-state index contributed by atoms with van der Waals surface area (Å²) in [7, 11) is 0. The minimum Gasteiger partial charge on any atom is -0.490 e. The van der Waals surface area contributed by atoms with Crippen LogP contribution in [0.3, 0.4) is 0 Å². The molecule has 0 bridgehead atoms. The van der Waals surface area contributed by atoms with Gasteiger partial charge in [-0.25, -0.2) is 0 Å². The second kappa shape index (κ2) is 10.9. The Morgan fingerprint density at radius 2 is 1.69 bits per heavy atom. The zero-order chi connectivity index (χ0) is 21.2. The van der Waals surface area contributed by atoms with Crippen LogP contribution in [0.2, 0.25) is 0 Å². The van der Waals surface area contributed by atoms with Gasteiger partial charge in [0.1, 0.15) is 0 Å². The smallest absolute Gasteiger partial charge is 0.251 e. The Hall–Kier alpha value is -3.28. The van der Waals surface area contributed by atoms with E-state index >= 15 is 0 Å². The molecule has 6 heteroatoms. The molecule has 0 heterocycles. The molecule has 2 aromatic carbocycles. The quantitative estimate of drug-likeness (QED) is 0.623. The summed E-state index contributed by atoms with van der Waals surface area (Å²) in [5.74, 6) is 0.862. The van der Waals surface area contributed by atoms with E-state index in [1.54, 1.807) is 18.2 Å². The van der Waals surface area contributed by atoms with Crippen LogP contribution in [0.1, 0.15) is 42.3 Å². The number of amides is 2. The average Bonchev–Trinajstić information content (AvgIpc) is 2.70. The number of aryl methyl sites for hydroxylation is 1. The second-order valence-corrected chi connectivity index (χ2v) is 6.28. The number of benzene rings is 2. The van der Waals surface area contributed by atoms with Gasteiger partial charge in [-0.05, 0) is 69.2 Å². The van der Waals surface area contributed by atoms with Crippen molar-refractivity contribution in [1.82, 2.24) is 5.32 Å². The fourth-order valence-corrected chi connectivity index (χ4v) is 2.68. The van der Waals surface area contributed by atoms with Crippen molar-refractivity contribution in [3.8, 4) is 11.5 Å². The van der Waals surface area contributed by atoms with E-state index in [-0.39, 0.29) is 11.8 Å². The van der Waals surface area contributed by atoms with E-state index in [1.807, 2.05) is 52.0 Å². The molecular formula is C23H28N2O4. The Labute approximate surface area is 171 Å². The molecule has 0 unspecified atom stereocenters. The third kappa shape index (κ3) is 6.38. The van der Waals surface area contributed by atoms with E-state index in [1.165, 1.54) is 6.08 Å². The standard InChI is InChI=1S/C23H28N2O4/c1-5-24-23(27)18-11-8-16(4)19(15-18)25-22(26)13-10-17-9-12-20(28-6-2)21(14-17)29-7-3/h8-15H,5-7H2,1-4H3,(H,24,27)(H,25,26)/b13-10+. The summed E-state index contributed by atoms with van der Waals surface area (Å²) in [6.07, 6.45) is 3.15. The minimum absolute atomic E-state index is 0.170. The van der Waals surface area contributed by atoms with Crippen LogP contribution >= 0.6 is 0 Å². The maximum Gasteiger partial charge on any atom is 0.251 e. The molecule has 0 spiro atoms. The van der Waals surface area contributed by atoms with E-state index < -0.39 is 0 Å². The molecule has 0 aliphatic heterocycles. The van der Waals surface area contributed by atoms with Gasteiger partial charge in [-0.15, -0.1) is 0 Å². The van der Waals surface area contributed by atoms with Crippen LogP contribution in [0.15, 0.2) is 42.5 Å². The Kier molecular flexibility index (Phi) is 8.27. The van der Waals surface area contributed by atoms with Crippen molar-refractivity contribution < 1.29 is 19.1 Å². The zero-order valence-corrected chi connectivity index (χ0v) is 17.4. The normalized spacial score (nSPS) is 10.6. The lowest BCUT2D eigenvalue weighted by Gasteiger charge is -2.11. The van der Waals surface area contributed by atoms with Crippen molar-refractivity contribution in [2.75, 3.05) is 25.1 Å². The monoisotopic (exact) mass is 396 g/mol. The van der Waals surface area contributed by atoms with Gasteiger partial charge in [0.25, 0.3) is 5.91 Å². The van der Waals surface area contributed by atoms with Crippen LogP contribution in [-0.4, -0.2) is 31.6 Å². The first kappa shape index (κ1) is 22.0. The Balaban J connectivity index is 2.12. The lowest BCUT2D eigenvalue weighted by Crippen LogP contribution is -2.23. The van der Waals surface area contributed by atoms with E-state index in [9.17, 15) is 9.59 Å². The van der Waals surface area contributed by atoms with Crippen LogP contribution < -0.4 is 20.1 Å². The molecule has 154 valence electrons. The highest BCUT2D eigenvalue weighted by Gasteiger charge is 2.09. The number of nitrogens with one attached hydrogen (secondary N) is 2. The summed E-state index contributed by atoms with van der Waals surface area (Å²) in [6.45, 7) is 9.17. The highest BCUT2D eigenvalue weighted by atomic mass is 16.5. The summed E-state index contributed by atoms with van der Waals surface area (Å²) < 4.78 is 11.2. The molecule has 2 N–H and O–H groups in total. The zero-order valence-electron chi connectivity index (χ0n) is 17.4. The molecule has 0 aromatic heterocycles. The maximum absolute atomic E-state index is 12.4. The van der Waals surface area contributed by atoms with Gasteiger partial charge in [-0.3, -0.25) is 9.59 Å². The molecule has 0 radical (unpaired) electrons. The number of rotatable bonds is 9. The summed E-state index contributed by atoms with van der Waals surface area (Å²) in [6, 6.07) is 10.7. The topological polar surface area (TPSA) is 76.7 Å². The van der Waals surface area contributed by atoms with Gasteiger partial charge >= 0.3 is 0 Å². The number of hydrogen-bond acceptors (Lipinski definition) is 4. The molecule has 0 saturated carbocycles. The Bertz CT molecular complexity index is 890. The first-order valence-corrected chi connectivity index (χ1v) is 9.76. The fraction of sp³-hybridized carbons (Fsp3) is 0.304. The molecule has 0 saturated heterocycles. The predicted octanol–water partition coefficient (Wildman–Crippen LogP) is 4.19. The lowest BCUT2D eigenvalue weighted by molar-refractivity contribution is -0.111. The van der Waals surface area contributed by atoms with E-state index in [0.717, 1.165) is 11.1 Å². The number of hydrogen-bond donors (Lipinski definition) is 2. The number of anilines is 1. The van der Waals surface area contributed by atoms with Gasteiger partial charge < -0.3 is 20.1 Å². The van der Waals surface area contributed by atoms with Gasteiger partial charge in [-0.1, -0.05) is 12.1 Å². The fourth-order valence-electron chi connectivity index (χ4n) is 2.68. The van der Waals surface area contributed by atoms with Crippen molar-refractivity contribution in [2.24, 2.45) is 0 Å². The van der Waals surface area contributed by atoms with Crippen molar-refractivity contribution >= 4 is 23.6 Å². The van der Waals surface area contributed by atoms with Crippen molar-refractivity contribution in [1.29, 1.82) is 0 Å². The van der Waals surface area contributed by atoms with Crippen molar-refractivity contribution in [3.63, 3.8) is 0 Å². The van der Waals surface area contributed by atoms with Crippen molar-refractivity contribution in [3.05, 3.63) is 59.2 Å². The van der Waals surface area contributed by atoms with Gasteiger partial charge in [-0.2, -0.15) is 0 Å². The van der Waals surface area contributed by atoms with E-state index in [2.05, 4.69) is 10.6 Å². The van der Waals surface area contributed by atoms with Gasteiger partial charge in [0, 0.05) is 23.9 Å². The Morgan fingerprint density at radius 1 is 0.966 bits per heavy atom. The maximum atomic E-state index is 12.4. The number of carbonyl (C=O) groups excluding carboxylic acids is 2. The molecule has 0 fully saturated rings. The molecule has 2 aromatic rings. The second-order valence-electron chi connectivity index (χ2n) is 6.28. The average molecular weight is 396 g/mol. The molecule has 29 heavy (non-hydrogen) atoms. The molecule has 0 aliphatic rings. The Morgan fingerprint density at radius 3 is 2.38 bits per heavy atom. The predicted molar refractivity (Wildman–Crippen MR) is 116 cm³/mol. The molecular weight excluding hydrogens is 368 g/mol. The highest BCUT2D eigenvalue weighted by molar-refractivity contribution is 6.03. The van der Waals surface area contributed by atoms with Crippen molar-refractivity contribution in [2.45, 2.75) is 27.7 Å². The van der Waals surface area contributed by atoms with E-state index in [4.69, 9.17) is 9.47 Å². The summed E-state index contributed by atoms with van der Waals surface area (Å²) >= 11 is 0. The summed E-state index contributed by atoms with van der Waals surface area (Å²) in [5, 5.41) is 5.58. The third-order valence-electron chi connectivity index (χ3n) is 4.09. The number of ether oxygens (including phenoxy) is 2. The first-order valence-electron chi connectivity index (χ1n) is 9.76. The number of carbonyl (C=O) groups is 2. The molecule has 0 atom stereocenters. The van der Waals surface area contributed by atoms with Crippen LogP contribution in [0.5, 0.6) is 11.5 Å². The minimum atomic E-state index is -0.284. The molecule has 0 aliphatic carbocycles. The van der Waals surface area contributed by atoms with Gasteiger partial charge in [0.05, 0.1) is 13.2 Å². The molecule has 6 nitrogen and oxygen atoms in total. The van der Waals surface area contributed by atoms with Crippen LogP contribution in [0, 0.1) is 6.92 Å². The van der Waals surface area contributed by atoms with Crippen LogP contribution in [0.25, 0.3) is 6.08 Å². The summed E-state index contributed by atoms with van der Waals surface area (Å²) in [5.41, 5.74) is 2.80. The highest BCUT2D eigenvalue weighted by Crippen LogP contribution is 2.29. The first-order chi connectivity index (χ1) is 14.0. The van der Waals surface area contributed by atoms with Gasteiger partial charge in [0.15, 0.2) is 11.5 Å². The van der Waals surface area contributed by atoms with Crippen LogP contribution in [0.4, 0.5) is 5.69 Å². The van der Waals surface area contributed by atoms with Crippen LogP contribution in [-0.2, 0) is 4.79 Å². The molecule has 2 rings (SSSR count). The lowest BCUT2D eigenvalue weighted by atomic mass is 10.1. The van der Waals surface area contributed by atoms with Gasteiger partial charge in [0.2, 0.25) is 5.91 Å². The summed E-state index contributed by atoms with van der Waals surface area (Å²) in [4.78, 5) is 24.4. The molecule has 2 amide bonds. The third-order valence-corrected chi connectivity index (χ3v) is 4.09. The largest absolute Gasteiger partial charge is 0.490 e.